The molecule has 2 heterocycles. The van der Waals surface area contributed by atoms with E-state index in [1.807, 2.05) is 0 Å². The zero-order valence-electron chi connectivity index (χ0n) is 13.1. The molecule has 2 fully saturated rings. The number of rotatable bonds is 5. The molecule has 0 aromatic heterocycles. The Hall–Kier alpha value is -0.480. The van der Waals surface area contributed by atoms with E-state index in [0.29, 0.717) is 0 Å². The third kappa shape index (κ3) is 3.66. The van der Waals surface area contributed by atoms with Gasteiger partial charge in [0.2, 0.25) is 0 Å². The fraction of sp³-hybridized carbons (Fsp3) is 1.00. The molecule has 9 N–H and O–H groups in total. The maximum absolute atomic E-state index is 10.0. The Morgan fingerprint density at radius 2 is 1.40 bits per heavy atom. The van der Waals surface area contributed by atoms with Crippen molar-refractivity contribution in [2.75, 3.05) is 19.8 Å². The van der Waals surface area contributed by atoms with Gasteiger partial charge in [0.15, 0.2) is 12.6 Å². The molecule has 2 aliphatic rings. The topological polar surface area (TPSA) is 210 Å². The first kappa shape index (κ1) is 20.8. The number of aliphatic hydroxyl groups is 9. The minimum atomic E-state index is -2.06. The van der Waals surface area contributed by atoms with Crippen molar-refractivity contribution in [1.82, 2.24) is 0 Å². The summed E-state index contributed by atoms with van der Waals surface area (Å²) < 4.78 is 15.4. The number of aliphatic hydroxyl groups excluding tert-OH is 9. The molecule has 2 saturated heterocycles. The van der Waals surface area contributed by atoms with Gasteiger partial charge in [0.05, 0.1) is 19.8 Å². The van der Waals surface area contributed by atoms with E-state index in [1.54, 1.807) is 0 Å². The second kappa shape index (κ2) is 8.04. The molecule has 148 valence electrons. The van der Waals surface area contributed by atoms with Gasteiger partial charge in [0.25, 0.3) is 0 Å². The number of hydrogen-bond donors (Lipinski definition) is 9. The molecule has 0 amide bonds. The second-order valence-electron chi connectivity index (χ2n) is 6.12. The second-order valence-corrected chi connectivity index (χ2v) is 6.12. The van der Waals surface area contributed by atoms with E-state index < -0.39 is 80.7 Å². The summed E-state index contributed by atoms with van der Waals surface area (Å²) in [5, 5.41) is 87.0. The van der Waals surface area contributed by atoms with Gasteiger partial charge in [0, 0.05) is 0 Å². The number of ether oxygens (including phenoxy) is 3. The quantitative estimate of drug-likeness (QED) is 0.221. The van der Waals surface area contributed by atoms with Crippen LogP contribution in [0.25, 0.3) is 0 Å². The van der Waals surface area contributed by atoms with Crippen molar-refractivity contribution in [2.45, 2.75) is 60.9 Å². The molecule has 0 radical (unpaired) electrons. The summed E-state index contributed by atoms with van der Waals surface area (Å²) in [5.41, 5.74) is -2.06. The average molecular weight is 372 g/mol. The standard InChI is InChI=1S/C13H24O12/c14-1-4-9(5(17)7(19)11(22)23-4)24-12-8(20)6(18)10(21)13(2-15,3-16)25-12/h4-12,14-22H,1-3H2/t4-,5-,6-,7-,8-,9+,10-,11?,12+/m1/s1. The lowest BCUT2D eigenvalue weighted by atomic mass is 9.87. The Morgan fingerprint density at radius 3 is 1.92 bits per heavy atom. The van der Waals surface area contributed by atoms with Crippen molar-refractivity contribution in [2.24, 2.45) is 0 Å². The first-order valence-electron chi connectivity index (χ1n) is 7.62. The van der Waals surface area contributed by atoms with E-state index in [0.717, 1.165) is 0 Å². The molecule has 0 aromatic rings. The Bertz CT molecular complexity index is 429. The summed E-state index contributed by atoms with van der Waals surface area (Å²) in [7, 11) is 0. The minimum Gasteiger partial charge on any atom is -0.394 e. The highest BCUT2D eigenvalue weighted by Gasteiger charge is 2.55. The molecule has 2 rings (SSSR count). The van der Waals surface area contributed by atoms with Crippen LogP contribution in [0.3, 0.4) is 0 Å². The van der Waals surface area contributed by atoms with Crippen LogP contribution >= 0.6 is 0 Å². The van der Waals surface area contributed by atoms with Gasteiger partial charge in [-0.3, -0.25) is 0 Å². The molecular weight excluding hydrogens is 348 g/mol. The lowest BCUT2D eigenvalue weighted by molar-refractivity contribution is -0.378. The maximum Gasteiger partial charge on any atom is 0.187 e. The molecule has 0 bridgehead atoms. The van der Waals surface area contributed by atoms with E-state index >= 15 is 0 Å². The summed E-state index contributed by atoms with van der Waals surface area (Å²) in [6.07, 6.45) is -15.5. The summed E-state index contributed by atoms with van der Waals surface area (Å²) in [5.74, 6) is 0. The third-order valence-electron chi connectivity index (χ3n) is 4.51. The Morgan fingerprint density at radius 1 is 0.800 bits per heavy atom. The van der Waals surface area contributed by atoms with Crippen LogP contribution in [-0.4, -0.2) is 127 Å². The summed E-state index contributed by atoms with van der Waals surface area (Å²) in [6.45, 7) is -2.59. The molecule has 0 spiro atoms. The Labute approximate surface area is 142 Å². The molecule has 0 saturated carbocycles. The normalized spacial score (nSPS) is 47.6. The molecule has 25 heavy (non-hydrogen) atoms. The molecule has 12 heteroatoms. The summed E-state index contributed by atoms with van der Waals surface area (Å²) in [6, 6.07) is 0. The van der Waals surface area contributed by atoms with Crippen molar-refractivity contribution in [3.05, 3.63) is 0 Å². The zero-order valence-corrected chi connectivity index (χ0v) is 13.1. The van der Waals surface area contributed by atoms with Crippen LogP contribution in [0.2, 0.25) is 0 Å². The maximum atomic E-state index is 10.0. The van der Waals surface area contributed by atoms with E-state index in [4.69, 9.17) is 14.2 Å². The average Bonchev–Trinajstić information content (AvgIpc) is 2.62. The van der Waals surface area contributed by atoms with E-state index in [-0.39, 0.29) is 0 Å². The van der Waals surface area contributed by atoms with Crippen molar-refractivity contribution in [3.8, 4) is 0 Å². The van der Waals surface area contributed by atoms with Crippen molar-refractivity contribution >= 4 is 0 Å². The summed E-state index contributed by atoms with van der Waals surface area (Å²) in [4.78, 5) is 0. The molecule has 2 aliphatic heterocycles. The van der Waals surface area contributed by atoms with E-state index in [9.17, 15) is 46.0 Å². The fourth-order valence-corrected chi connectivity index (χ4v) is 2.84. The number of hydrogen-bond acceptors (Lipinski definition) is 12. The first-order chi connectivity index (χ1) is 11.7. The van der Waals surface area contributed by atoms with Gasteiger partial charge in [-0.25, -0.2) is 0 Å². The third-order valence-corrected chi connectivity index (χ3v) is 4.51. The molecule has 0 aromatic carbocycles. The minimum absolute atomic E-state index is 0.732. The highest BCUT2D eigenvalue weighted by molar-refractivity contribution is 5.00. The zero-order chi connectivity index (χ0) is 18.9. The van der Waals surface area contributed by atoms with Gasteiger partial charge in [0.1, 0.15) is 48.3 Å². The predicted octanol–water partition coefficient (Wildman–Crippen LogP) is -6.03. The van der Waals surface area contributed by atoms with Gasteiger partial charge in [-0.05, 0) is 0 Å². The fourth-order valence-electron chi connectivity index (χ4n) is 2.84. The molecule has 12 nitrogen and oxygen atoms in total. The monoisotopic (exact) mass is 372 g/mol. The lowest BCUT2D eigenvalue weighted by Crippen LogP contribution is -2.69. The smallest absolute Gasteiger partial charge is 0.187 e. The van der Waals surface area contributed by atoms with Crippen LogP contribution in [0.1, 0.15) is 0 Å². The van der Waals surface area contributed by atoms with Gasteiger partial charge in [-0.2, -0.15) is 0 Å². The molecule has 9 atom stereocenters. The van der Waals surface area contributed by atoms with E-state index in [2.05, 4.69) is 0 Å². The predicted molar refractivity (Wildman–Crippen MR) is 74.6 cm³/mol. The van der Waals surface area contributed by atoms with E-state index in [1.165, 1.54) is 0 Å². The first-order valence-corrected chi connectivity index (χ1v) is 7.62. The largest absolute Gasteiger partial charge is 0.394 e. The Balaban J connectivity index is 2.21. The molecular formula is C13H24O12. The highest BCUT2D eigenvalue weighted by Crippen LogP contribution is 2.33. The van der Waals surface area contributed by atoms with Gasteiger partial charge < -0.3 is 60.2 Å². The van der Waals surface area contributed by atoms with Crippen LogP contribution in [-0.2, 0) is 14.2 Å². The lowest BCUT2D eigenvalue weighted by Gasteiger charge is -2.49. The van der Waals surface area contributed by atoms with Crippen molar-refractivity contribution in [3.63, 3.8) is 0 Å². The van der Waals surface area contributed by atoms with Crippen molar-refractivity contribution in [1.29, 1.82) is 0 Å². The van der Waals surface area contributed by atoms with Gasteiger partial charge in [-0.15, -0.1) is 0 Å². The van der Waals surface area contributed by atoms with Crippen molar-refractivity contribution < 1.29 is 60.2 Å². The summed E-state index contributed by atoms with van der Waals surface area (Å²) >= 11 is 0. The van der Waals surface area contributed by atoms with Crippen LogP contribution < -0.4 is 0 Å². The van der Waals surface area contributed by atoms with Crippen LogP contribution in [0, 0.1) is 0 Å². The van der Waals surface area contributed by atoms with Crippen LogP contribution in [0.5, 0.6) is 0 Å². The molecule has 1 unspecified atom stereocenters. The van der Waals surface area contributed by atoms with Gasteiger partial charge in [-0.1, -0.05) is 0 Å². The molecule has 0 aliphatic carbocycles. The Kier molecular flexibility index (Phi) is 6.70. The van der Waals surface area contributed by atoms with Crippen LogP contribution in [0.4, 0.5) is 0 Å². The SMILES string of the molecule is OC[C@H]1OC(O)[C@H](O)[C@@H](O)[C@H]1O[C@H]1OC(CO)(CO)[C@H](O)[C@H](O)[C@H]1O. The highest BCUT2D eigenvalue weighted by atomic mass is 16.7. The van der Waals surface area contributed by atoms with Crippen LogP contribution in [0.15, 0.2) is 0 Å². The van der Waals surface area contributed by atoms with Gasteiger partial charge >= 0.3 is 0 Å².